The second-order valence-corrected chi connectivity index (χ2v) is 7.31. The van der Waals surface area contributed by atoms with E-state index in [1.165, 1.54) is 12.1 Å². The molecule has 148 valence electrons. The van der Waals surface area contributed by atoms with E-state index in [1.807, 2.05) is 60.8 Å². The Morgan fingerprint density at radius 3 is 2.37 bits per heavy atom. The van der Waals surface area contributed by atoms with E-state index in [4.69, 9.17) is 0 Å². The predicted octanol–water partition coefficient (Wildman–Crippen LogP) is 5.66. The van der Waals surface area contributed by atoms with Crippen molar-refractivity contribution in [2.45, 2.75) is 0 Å². The molecule has 1 N–H and O–H groups in total. The standard InChI is InChI=1S/C22H16BrN5O2/c23-18-6-8-19(9-7-18)25-24-14-17-15-27(20-10-12-21(13-11-20)28(29)30)26-22(17)16-4-2-1-3-5-16/h1-15,25H/b24-14+. The van der Waals surface area contributed by atoms with E-state index in [0.29, 0.717) is 0 Å². The first-order chi connectivity index (χ1) is 14.6. The minimum atomic E-state index is -0.422. The second kappa shape index (κ2) is 8.71. The Hall–Kier alpha value is -3.78. The summed E-state index contributed by atoms with van der Waals surface area (Å²) in [6.07, 6.45) is 3.55. The van der Waals surface area contributed by atoms with Gasteiger partial charge >= 0.3 is 0 Å². The molecular formula is C22H16BrN5O2. The quantitative estimate of drug-likeness (QED) is 0.228. The Morgan fingerprint density at radius 2 is 1.70 bits per heavy atom. The van der Waals surface area contributed by atoms with E-state index in [2.05, 4.69) is 31.6 Å². The van der Waals surface area contributed by atoms with E-state index in [0.717, 1.165) is 32.7 Å². The molecule has 0 radical (unpaired) electrons. The lowest BCUT2D eigenvalue weighted by Crippen LogP contribution is -1.95. The van der Waals surface area contributed by atoms with Crippen LogP contribution in [0.3, 0.4) is 0 Å². The van der Waals surface area contributed by atoms with E-state index < -0.39 is 4.92 Å². The van der Waals surface area contributed by atoms with Gasteiger partial charge in [0.2, 0.25) is 0 Å². The van der Waals surface area contributed by atoms with Crippen molar-refractivity contribution in [3.05, 3.63) is 105 Å². The summed E-state index contributed by atoms with van der Waals surface area (Å²) < 4.78 is 2.68. The van der Waals surface area contributed by atoms with E-state index >= 15 is 0 Å². The number of nitrogens with one attached hydrogen (secondary N) is 1. The number of anilines is 1. The third-order valence-corrected chi connectivity index (χ3v) is 4.89. The second-order valence-electron chi connectivity index (χ2n) is 6.39. The Morgan fingerprint density at radius 1 is 1.00 bits per heavy atom. The Labute approximate surface area is 181 Å². The molecule has 0 aliphatic rings. The van der Waals surface area contributed by atoms with Gasteiger partial charge in [0.1, 0.15) is 5.69 Å². The average Bonchev–Trinajstić information content (AvgIpc) is 3.20. The molecule has 8 heteroatoms. The molecule has 0 aliphatic heterocycles. The van der Waals surface area contributed by atoms with Crippen molar-refractivity contribution >= 4 is 33.5 Å². The SMILES string of the molecule is O=[N+]([O-])c1ccc(-n2cc(/C=N/Nc3ccc(Br)cc3)c(-c3ccccc3)n2)cc1. The number of nitro benzene ring substituents is 1. The Bertz CT molecular complexity index is 1190. The summed E-state index contributed by atoms with van der Waals surface area (Å²) in [5.41, 5.74) is 7.14. The van der Waals surface area contributed by atoms with Crippen LogP contribution in [0.25, 0.3) is 16.9 Å². The van der Waals surface area contributed by atoms with Crippen LogP contribution in [0.2, 0.25) is 0 Å². The summed E-state index contributed by atoms with van der Waals surface area (Å²) in [5, 5.41) is 19.9. The molecule has 0 fully saturated rings. The fourth-order valence-electron chi connectivity index (χ4n) is 2.86. The zero-order valence-corrected chi connectivity index (χ0v) is 17.2. The zero-order chi connectivity index (χ0) is 20.9. The van der Waals surface area contributed by atoms with Gasteiger partial charge in [0.25, 0.3) is 5.69 Å². The number of nitro groups is 1. The maximum Gasteiger partial charge on any atom is 0.269 e. The van der Waals surface area contributed by atoms with Crippen LogP contribution in [0.4, 0.5) is 11.4 Å². The van der Waals surface area contributed by atoms with Crippen LogP contribution >= 0.6 is 15.9 Å². The summed E-state index contributed by atoms with van der Waals surface area (Å²) in [5.74, 6) is 0. The normalized spacial score (nSPS) is 11.0. The maximum atomic E-state index is 10.9. The van der Waals surface area contributed by atoms with E-state index in [-0.39, 0.29) is 5.69 Å². The van der Waals surface area contributed by atoms with Crippen LogP contribution in [0.1, 0.15) is 5.56 Å². The molecule has 0 aliphatic carbocycles. The van der Waals surface area contributed by atoms with E-state index in [9.17, 15) is 10.1 Å². The Kier molecular flexibility index (Phi) is 5.67. The molecule has 30 heavy (non-hydrogen) atoms. The van der Waals surface area contributed by atoms with Crippen LogP contribution in [-0.2, 0) is 0 Å². The molecule has 4 rings (SSSR count). The molecule has 0 spiro atoms. The summed E-state index contributed by atoms with van der Waals surface area (Å²) >= 11 is 3.41. The number of hydrogen-bond acceptors (Lipinski definition) is 5. The summed E-state index contributed by atoms with van der Waals surface area (Å²) in [6.45, 7) is 0. The highest BCUT2D eigenvalue weighted by Crippen LogP contribution is 2.23. The van der Waals surface area contributed by atoms with Crippen molar-refractivity contribution in [3.63, 3.8) is 0 Å². The van der Waals surface area contributed by atoms with Gasteiger partial charge in [-0.15, -0.1) is 0 Å². The van der Waals surface area contributed by atoms with Crippen LogP contribution in [0.5, 0.6) is 0 Å². The number of halogens is 1. The molecule has 0 unspecified atom stereocenters. The highest BCUT2D eigenvalue weighted by atomic mass is 79.9. The van der Waals surface area contributed by atoms with Crippen molar-refractivity contribution in [3.8, 4) is 16.9 Å². The van der Waals surface area contributed by atoms with Crippen LogP contribution in [0, 0.1) is 10.1 Å². The third kappa shape index (κ3) is 4.44. The zero-order valence-electron chi connectivity index (χ0n) is 15.6. The number of nitrogens with zero attached hydrogens (tertiary/aromatic N) is 4. The first kappa shape index (κ1) is 19.5. The molecular weight excluding hydrogens is 446 g/mol. The summed E-state index contributed by atoms with van der Waals surface area (Å²) in [4.78, 5) is 10.5. The third-order valence-electron chi connectivity index (χ3n) is 4.36. The van der Waals surface area contributed by atoms with Gasteiger partial charge in [-0.3, -0.25) is 15.5 Å². The lowest BCUT2D eigenvalue weighted by molar-refractivity contribution is -0.384. The smallest absolute Gasteiger partial charge is 0.269 e. The van der Waals surface area contributed by atoms with Gasteiger partial charge in [0.15, 0.2) is 0 Å². The molecule has 1 aromatic heterocycles. The number of benzene rings is 3. The molecule has 0 saturated carbocycles. The van der Waals surface area contributed by atoms with Crippen LogP contribution < -0.4 is 5.43 Å². The van der Waals surface area contributed by atoms with Gasteiger partial charge in [0.05, 0.1) is 22.5 Å². The molecule has 0 saturated heterocycles. The lowest BCUT2D eigenvalue weighted by Gasteiger charge is -2.01. The van der Waals surface area contributed by atoms with Crippen molar-refractivity contribution in [1.29, 1.82) is 0 Å². The number of hydrazone groups is 1. The lowest BCUT2D eigenvalue weighted by atomic mass is 10.1. The fraction of sp³-hybridized carbons (Fsp3) is 0. The molecule has 7 nitrogen and oxygen atoms in total. The predicted molar refractivity (Wildman–Crippen MR) is 121 cm³/mol. The highest BCUT2D eigenvalue weighted by Gasteiger charge is 2.12. The van der Waals surface area contributed by atoms with Crippen LogP contribution in [0.15, 0.2) is 94.6 Å². The largest absolute Gasteiger partial charge is 0.279 e. The molecule has 4 aromatic rings. The number of hydrogen-bond donors (Lipinski definition) is 1. The summed E-state index contributed by atoms with van der Waals surface area (Å²) in [6, 6.07) is 23.7. The monoisotopic (exact) mass is 461 g/mol. The number of non-ortho nitro benzene ring substituents is 1. The molecule has 3 aromatic carbocycles. The first-order valence-corrected chi connectivity index (χ1v) is 9.84. The van der Waals surface area contributed by atoms with Gasteiger partial charge < -0.3 is 0 Å². The molecule has 0 bridgehead atoms. The molecule has 0 amide bonds. The highest BCUT2D eigenvalue weighted by molar-refractivity contribution is 9.10. The molecule has 0 atom stereocenters. The van der Waals surface area contributed by atoms with Crippen molar-refractivity contribution in [2.75, 3.05) is 5.43 Å². The number of rotatable bonds is 6. The van der Waals surface area contributed by atoms with E-state index in [1.54, 1.807) is 23.0 Å². The maximum absolute atomic E-state index is 10.9. The summed E-state index contributed by atoms with van der Waals surface area (Å²) in [7, 11) is 0. The minimum Gasteiger partial charge on any atom is -0.279 e. The van der Waals surface area contributed by atoms with Crippen molar-refractivity contribution < 1.29 is 4.92 Å². The van der Waals surface area contributed by atoms with Crippen molar-refractivity contribution in [2.24, 2.45) is 5.10 Å². The first-order valence-electron chi connectivity index (χ1n) is 9.05. The van der Waals surface area contributed by atoms with Gasteiger partial charge in [0, 0.05) is 33.9 Å². The number of aromatic nitrogens is 2. The average molecular weight is 462 g/mol. The van der Waals surface area contributed by atoms with Crippen LogP contribution in [-0.4, -0.2) is 20.9 Å². The topological polar surface area (TPSA) is 85.3 Å². The van der Waals surface area contributed by atoms with Gasteiger partial charge in [-0.25, -0.2) is 4.68 Å². The fourth-order valence-corrected chi connectivity index (χ4v) is 3.13. The Balaban J connectivity index is 1.66. The van der Waals surface area contributed by atoms with Gasteiger partial charge in [-0.05, 0) is 36.4 Å². The van der Waals surface area contributed by atoms with Crippen molar-refractivity contribution in [1.82, 2.24) is 9.78 Å². The van der Waals surface area contributed by atoms with Gasteiger partial charge in [-0.2, -0.15) is 10.2 Å². The molecule has 1 heterocycles. The minimum absolute atomic E-state index is 0.0367. The van der Waals surface area contributed by atoms with Gasteiger partial charge in [-0.1, -0.05) is 46.3 Å².